The second-order valence-corrected chi connectivity index (χ2v) is 5.65. The molecule has 0 radical (unpaired) electrons. The molecule has 1 fully saturated rings. The van der Waals surface area contributed by atoms with Gasteiger partial charge in [0.05, 0.1) is 17.4 Å². The first kappa shape index (κ1) is 11.5. The lowest BCUT2D eigenvalue weighted by molar-refractivity contribution is 0.380. The van der Waals surface area contributed by atoms with Crippen LogP contribution in [-0.2, 0) is 0 Å². The second-order valence-electron chi connectivity index (χ2n) is 5.65. The van der Waals surface area contributed by atoms with Crippen LogP contribution in [0.3, 0.4) is 0 Å². The zero-order valence-corrected chi connectivity index (χ0v) is 11.0. The number of nitrogens with zero attached hydrogens (tertiary/aromatic N) is 2. The number of anilines is 1. The highest BCUT2D eigenvalue weighted by molar-refractivity contribution is 5.90. The molecule has 0 aliphatic heterocycles. The van der Waals surface area contributed by atoms with E-state index in [1.807, 2.05) is 24.4 Å². The van der Waals surface area contributed by atoms with Gasteiger partial charge in [-0.15, -0.1) is 0 Å². The highest BCUT2D eigenvalue weighted by Gasteiger charge is 2.44. The Labute approximate surface area is 108 Å². The van der Waals surface area contributed by atoms with E-state index < -0.39 is 0 Å². The van der Waals surface area contributed by atoms with Crippen LogP contribution in [0.15, 0.2) is 30.5 Å². The van der Waals surface area contributed by atoms with E-state index in [2.05, 4.69) is 35.4 Å². The van der Waals surface area contributed by atoms with E-state index in [0.717, 1.165) is 29.1 Å². The molecule has 1 aliphatic rings. The lowest BCUT2D eigenvalue weighted by Gasteiger charge is -2.21. The number of benzene rings is 1. The molecule has 1 aromatic heterocycles. The number of fused-ring (bicyclic) bond motifs is 1. The summed E-state index contributed by atoms with van der Waals surface area (Å²) in [5.41, 5.74) is 2.56. The molecule has 1 aliphatic carbocycles. The third-order valence-corrected chi connectivity index (χ3v) is 4.29. The van der Waals surface area contributed by atoms with Gasteiger partial charge in [0.25, 0.3) is 0 Å². The van der Waals surface area contributed by atoms with Crippen LogP contribution in [-0.4, -0.2) is 16.7 Å². The third-order valence-electron chi connectivity index (χ3n) is 4.29. The van der Waals surface area contributed by atoms with E-state index in [9.17, 15) is 0 Å². The summed E-state index contributed by atoms with van der Waals surface area (Å²) in [5.74, 6) is 0.742. The highest BCUT2D eigenvalue weighted by Crippen LogP contribution is 2.51. The Balaban J connectivity index is 1.83. The molecule has 2 aromatic rings. The van der Waals surface area contributed by atoms with Crippen molar-refractivity contribution in [1.82, 2.24) is 10.2 Å². The fraction of sp³-hybridized carbons (Fsp3) is 0.467. The van der Waals surface area contributed by atoms with Gasteiger partial charge in [-0.2, -0.15) is 10.2 Å². The molecule has 1 aromatic carbocycles. The minimum atomic E-state index is 0.504. The number of hydrogen-bond acceptors (Lipinski definition) is 3. The molecule has 0 amide bonds. The zero-order valence-electron chi connectivity index (χ0n) is 11.0. The van der Waals surface area contributed by atoms with Gasteiger partial charge in [-0.25, -0.2) is 0 Å². The maximum absolute atomic E-state index is 4.15. The van der Waals surface area contributed by atoms with Crippen LogP contribution < -0.4 is 5.32 Å². The summed E-state index contributed by atoms with van der Waals surface area (Å²) in [6, 6.07) is 8.14. The van der Waals surface area contributed by atoms with Gasteiger partial charge < -0.3 is 5.32 Å². The van der Waals surface area contributed by atoms with Gasteiger partial charge in [0.15, 0.2) is 0 Å². The fourth-order valence-electron chi connectivity index (χ4n) is 2.54. The summed E-state index contributed by atoms with van der Waals surface area (Å²) in [6.45, 7) is 5.68. The predicted molar refractivity (Wildman–Crippen MR) is 74.5 cm³/mol. The Bertz CT molecular complexity index is 553. The van der Waals surface area contributed by atoms with E-state index in [-0.39, 0.29) is 0 Å². The first-order valence-corrected chi connectivity index (χ1v) is 6.66. The lowest BCUT2D eigenvalue weighted by Crippen LogP contribution is -2.21. The van der Waals surface area contributed by atoms with Crippen molar-refractivity contribution in [3.63, 3.8) is 0 Å². The van der Waals surface area contributed by atoms with Crippen molar-refractivity contribution in [2.45, 2.75) is 26.7 Å². The molecule has 0 unspecified atom stereocenters. The molecule has 0 atom stereocenters. The van der Waals surface area contributed by atoms with Crippen LogP contribution in [0.4, 0.5) is 5.69 Å². The second kappa shape index (κ2) is 4.23. The molecular weight excluding hydrogens is 222 g/mol. The standard InChI is InChI=1S/C15H19N3/c1-11(2)15(7-8-15)10-16-14-9-17-18-13-6-4-3-5-12(13)14/h3-6,9,11H,7-8,10H2,1-2H3,(H,16,18). The van der Waals surface area contributed by atoms with Gasteiger partial charge >= 0.3 is 0 Å². The van der Waals surface area contributed by atoms with Gasteiger partial charge in [0, 0.05) is 11.9 Å². The van der Waals surface area contributed by atoms with E-state index in [1.54, 1.807) is 0 Å². The Morgan fingerprint density at radius 2 is 2.06 bits per heavy atom. The van der Waals surface area contributed by atoms with Crippen LogP contribution >= 0.6 is 0 Å². The number of nitrogens with one attached hydrogen (secondary N) is 1. The van der Waals surface area contributed by atoms with Crippen LogP contribution in [0.1, 0.15) is 26.7 Å². The van der Waals surface area contributed by atoms with Gasteiger partial charge in [-0.1, -0.05) is 32.0 Å². The van der Waals surface area contributed by atoms with E-state index in [0.29, 0.717) is 5.41 Å². The van der Waals surface area contributed by atoms with Crippen molar-refractivity contribution < 1.29 is 0 Å². The summed E-state index contributed by atoms with van der Waals surface area (Å²) in [5, 5.41) is 12.9. The molecule has 0 saturated heterocycles. The largest absolute Gasteiger partial charge is 0.383 e. The number of aromatic nitrogens is 2. The lowest BCUT2D eigenvalue weighted by atomic mass is 9.92. The predicted octanol–water partition coefficient (Wildman–Crippen LogP) is 3.48. The monoisotopic (exact) mass is 241 g/mol. The van der Waals surface area contributed by atoms with Crippen LogP contribution in [0.25, 0.3) is 10.9 Å². The molecule has 1 N–H and O–H groups in total. The number of rotatable bonds is 4. The first-order chi connectivity index (χ1) is 8.71. The van der Waals surface area contributed by atoms with Gasteiger partial charge in [-0.05, 0) is 30.2 Å². The Morgan fingerprint density at radius 1 is 1.28 bits per heavy atom. The van der Waals surface area contributed by atoms with Crippen molar-refractivity contribution >= 4 is 16.6 Å². The topological polar surface area (TPSA) is 37.8 Å². The fourth-order valence-corrected chi connectivity index (χ4v) is 2.54. The van der Waals surface area contributed by atoms with Crippen molar-refractivity contribution in [1.29, 1.82) is 0 Å². The van der Waals surface area contributed by atoms with Gasteiger partial charge in [0.2, 0.25) is 0 Å². The zero-order chi connectivity index (χ0) is 12.6. The van der Waals surface area contributed by atoms with Crippen molar-refractivity contribution in [3.05, 3.63) is 30.5 Å². The molecule has 1 heterocycles. The van der Waals surface area contributed by atoms with E-state index in [1.165, 1.54) is 12.8 Å². The minimum absolute atomic E-state index is 0.504. The average molecular weight is 241 g/mol. The highest BCUT2D eigenvalue weighted by atomic mass is 15.1. The quantitative estimate of drug-likeness (QED) is 0.890. The van der Waals surface area contributed by atoms with Crippen LogP contribution in [0.5, 0.6) is 0 Å². The Kier molecular flexibility index (Phi) is 2.69. The Morgan fingerprint density at radius 3 is 2.78 bits per heavy atom. The molecular formula is C15H19N3. The average Bonchev–Trinajstić information content (AvgIpc) is 3.17. The molecule has 3 heteroatoms. The molecule has 3 nitrogen and oxygen atoms in total. The van der Waals surface area contributed by atoms with Crippen molar-refractivity contribution in [2.24, 2.45) is 11.3 Å². The van der Waals surface area contributed by atoms with E-state index in [4.69, 9.17) is 0 Å². The van der Waals surface area contributed by atoms with Gasteiger partial charge in [-0.3, -0.25) is 0 Å². The Hall–Kier alpha value is -1.64. The minimum Gasteiger partial charge on any atom is -0.383 e. The SMILES string of the molecule is CC(C)C1(CNc2cnnc3ccccc23)CC1. The summed E-state index contributed by atoms with van der Waals surface area (Å²) in [4.78, 5) is 0. The number of hydrogen-bond donors (Lipinski definition) is 1. The molecule has 0 bridgehead atoms. The third kappa shape index (κ3) is 1.94. The molecule has 3 rings (SSSR count). The maximum Gasteiger partial charge on any atom is 0.0950 e. The normalized spacial score (nSPS) is 17.1. The van der Waals surface area contributed by atoms with Crippen LogP contribution in [0.2, 0.25) is 0 Å². The van der Waals surface area contributed by atoms with E-state index >= 15 is 0 Å². The summed E-state index contributed by atoms with van der Waals surface area (Å²) in [6.07, 6.45) is 4.51. The molecule has 18 heavy (non-hydrogen) atoms. The summed E-state index contributed by atoms with van der Waals surface area (Å²) >= 11 is 0. The smallest absolute Gasteiger partial charge is 0.0950 e. The first-order valence-electron chi connectivity index (χ1n) is 6.66. The summed E-state index contributed by atoms with van der Waals surface area (Å²) < 4.78 is 0. The van der Waals surface area contributed by atoms with Gasteiger partial charge in [0.1, 0.15) is 0 Å². The van der Waals surface area contributed by atoms with Crippen molar-refractivity contribution in [2.75, 3.05) is 11.9 Å². The summed E-state index contributed by atoms with van der Waals surface area (Å²) in [7, 11) is 0. The molecule has 0 spiro atoms. The molecule has 94 valence electrons. The molecule has 1 saturated carbocycles. The van der Waals surface area contributed by atoms with Crippen molar-refractivity contribution in [3.8, 4) is 0 Å². The maximum atomic E-state index is 4.15. The van der Waals surface area contributed by atoms with Crippen LogP contribution in [0, 0.1) is 11.3 Å².